The average Bonchev–Trinajstić information content (AvgIpc) is 3.72. The van der Waals surface area contributed by atoms with Gasteiger partial charge >= 0.3 is 0 Å². The molecule has 0 spiro atoms. The summed E-state index contributed by atoms with van der Waals surface area (Å²) in [6, 6.07) is 52.8. The molecule has 0 saturated carbocycles. The molecule has 0 bridgehead atoms. The van der Waals surface area contributed by atoms with Gasteiger partial charge in [-0.1, -0.05) is 141 Å². The van der Waals surface area contributed by atoms with E-state index in [4.69, 9.17) is 0 Å². The van der Waals surface area contributed by atoms with E-state index in [9.17, 15) is 0 Å². The normalized spacial score (nSPS) is 13.9. The lowest BCUT2D eigenvalue weighted by molar-refractivity contribution is 0.590. The summed E-state index contributed by atoms with van der Waals surface area (Å²) in [6.45, 7) is 20.9. The Labute approximate surface area is 342 Å². The van der Waals surface area contributed by atoms with E-state index in [1.165, 1.54) is 93.3 Å². The van der Waals surface area contributed by atoms with Crippen molar-refractivity contribution in [3.05, 3.63) is 156 Å². The highest BCUT2D eigenvalue weighted by Gasteiger charge is 2.47. The van der Waals surface area contributed by atoms with Crippen molar-refractivity contribution in [3.8, 4) is 5.69 Å². The lowest BCUT2D eigenvalue weighted by Crippen LogP contribution is -2.61. The zero-order valence-corrected chi connectivity index (χ0v) is 35.4. The molecule has 0 fully saturated rings. The molecule has 3 nitrogen and oxygen atoms in total. The van der Waals surface area contributed by atoms with Gasteiger partial charge in [0, 0.05) is 39.5 Å². The fraction of sp³-hybridized carbons (Fsp3) is 0.231. The maximum atomic E-state index is 2.61. The number of nitrogens with zero attached hydrogens (tertiary/aromatic N) is 3. The number of hydrogen-bond donors (Lipinski definition) is 0. The Bertz CT molecular complexity index is 2840. The van der Waals surface area contributed by atoms with Crippen molar-refractivity contribution in [2.45, 2.75) is 78.6 Å². The van der Waals surface area contributed by atoms with Crippen LogP contribution in [-0.4, -0.2) is 11.3 Å². The van der Waals surface area contributed by atoms with Gasteiger partial charge in [-0.25, -0.2) is 0 Å². The third kappa shape index (κ3) is 5.53. The largest absolute Gasteiger partial charge is 0.311 e. The number of fused-ring (bicyclic) bond motifs is 8. The molecule has 2 aromatic heterocycles. The van der Waals surface area contributed by atoms with Crippen molar-refractivity contribution in [1.82, 2.24) is 4.57 Å². The Morgan fingerprint density at radius 1 is 0.456 bits per heavy atom. The van der Waals surface area contributed by atoms with Crippen LogP contribution in [0.4, 0.5) is 33.4 Å². The second kappa shape index (κ2) is 12.5. The van der Waals surface area contributed by atoms with Crippen LogP contribution in [0.1, 0.15) is 79.0 Å². The second-order valence-corrected chi connectivity index (χ2v) is 20.1. The van der Waals surface area contributed by atoms with Crippen molar-refractivity contribution in [2.75, 3.05) is 9.80 Å². The fourth-order valence-corrected chi connectivity index (χ4v) is 10.6. The summed E-state index contributed by atoms with van der Waals surface area (Å²) in [7, 11) is 0. The van der Waals surface area contributed by atoms with Crippen LogP contribution in [-0.2, 0) is 16.2 Å². The van der Waals surface area contributed by atoms with Gasteiger partial charge in [-0.05, 0) is 110 Å². The predicted octanol–water partition coefficient (Wildman–Crippen LogP) is 12.8. The Morgan fingerprint density at radius 2 is 0.982 bits per heavy atom. The highest BCUT2D eigenvalue weighted by atomic mass is 32.1. The lowest BCUT2D eigenvalue weighted by atomic mass is 9.33. The molecule has 2 aliphatic heterocycles. The summed E-state index contributed by atoms with van der Waals surface area (Å²) in [6.07, 6.45) is 0. The summed E-state index contributed by atoms with van der Waals surface area (Å²) in [5.74, 6) is 0. The molecule has 282 valence electrons. The monoisotopic (exact) mass is 759 g/mol. The summed E-state index contributed by atoms with van der Waals surface area (Å²) in [5.41, 5.74) is 18.0. The predicted molar refractivity (Wildman–Crippen MR) is 249 cm³/mol. The smallest absolute Gasteiger partial charge is 0.256 e. The van der Waals surface area contributed by atoms with Gasteiger partial charge in [0.1, 0.15) is 0 Å². The van der Waals surface area contributed by atoms with Crippen molar-refractivity contribution < 1.29 is 0 Å². The molecule has 0 radical (unpaired) electrons. The van der Waals surface area contributed by atoms with Gasteiger partial charge < -0.3 is 14.4 Å². The molecule has 8 aromatic rings. The zero-order chi connectivity index (χ0) is 39.6. The number of rotatable bonds is 3. The van der Waals surface area contributed by atoms with E-state index >= 15 is 0 Å². The second-order valence-electron chi connectivity index (χ2n) is 19.1. The Hall–Kier alpha value is -5.52. The van der Waals surface area contributed by atoms with Crippen LogP contribution >= 0.6 is 11.3 Å². The van der Waals surface area contributed by atoms with Crippen LogP contribution in [0.5, 0.6) is 0 Å². The number of hydrogen-bond acceptors (Lipinski definition) is 3. The van der Waals surface area contributed by atoms with Crippen LogP contribution in [0.2, 0.25) is 0 Å². The molecular formula is C52H50BN3S. The van der Waals surface area contributed by atoms with Gasteiger partial charge in [-0.2, -0.15) is 0 Å². The summed E-state index contributed by atoms with van der Waals surface area (Å²) < 4.78 is 3.87. The quantitative estimate of drug-likeness (QED) is 0.166. The van der Waals surface area contributed by atoms with Crippen molar-refractivity contribution in [2.24, 2.45) is 0 Å². The van der Waals surface area contributed by atoms with E-state index < -0.39 is 0 Å². The molecular weight excluding hydrogens is 709 g/mol. The molecule has 0 aliphatic carbocycles. The maximum absolute atomic E-state index is 2.61. The van der Waals surface area contributed by atoms with Gasteiger partial charge in [0.25, 0.3) is 6.71 Å². The van der Waals surface area contributed by atoms with Gasteiger partial charge in [0.2, 0.25) is 0 Å². The first kappa shape index (κ1) is 35.9. The average molecular weight is 760 g/mol. The Kier molecular flexibility index (Phi) is 7.86. The van der Waals surface area contributed by atoms with E-state index in [0.29, 0.717) is 0 Å². The van der Waals surface area contributed by atoms with Gasteiger partial charge in [0.15, 0.2) is 0 Å². The first-order valence-electron chi connectivity index (χ1n) is 20.4. The number of aromatic nitrogens is 1. The van der Waals surface area contributed by atoms with E-state index in [2.05, 4.69) is 216 Å². The first-order chi connectivity index (χ1) is 27.2. The molecule has 2 aliphatic rings. The van der Waals surface area contributed by atoms with Crippen molar-refractivity contribution >= 4 is 89.0 Å². The SMILES string of the molecule is CC(C)(C)c1ccc(N2c3ccccc3B3c4c2cc(C(C)(C)C)cc4N(c2ccc(C(C)(C)C)cc2)c2sc4c5ccccc5n(-c5ccccc5)c4c23)cc1. The minimum absolute atomic E-state index is 0.0194. The van der Waals surface area contributed by atoms with E-state index in [-0.39, 0.29) is 23.0 Å². The van der Waals surface area contributed by atoms with Crippen LogP contribution in [0.3, 0.4) is 0 Å². The first-order valence-corrected chi connectivity index (χ1v) is 21.2. The molecule has 10 rings (SSSR count). The minimum atomic E-state index is -0.0813. The topological polar surface area (TPSA) is 11.4 Å². The van der Waals surface area contributed by atoms with Crippen LogP contribution in [0.15, 0.2) is 140 Å². The fourth-order valence-electron chi connectivity index (χ4n) is 9.19. The van der Waals surface area contributed by atoms with E-state index in [1.54, 1.807) is 0 Å². The zero-order valence-electron chi connectivity index (χ0n) is 34.6. The van der Waals surface area contributed by atoms with Gasteiger partial charge in [-0.15, -0.1) is 11.3 Å². The van der Waals surface area contributed by atoms with Crippen LogP contribution in [0, 0.1) is 0 Å². The number of para-hydroxylation sites is 3. The van der Waals surface area contributed by atoms with Crippen LogP contribution in [0.25, 0.3) is 26.8 Å². The molecule has 0 unspecified atom stereocenters. The standard InChI is InChI=1S/C52H50BN3S/c1-50(2,3)33-23-27-37(28-24-33)54-42-22-16-14-20-40(42)53-45-43(54)31-35(52(7,8)9)32-44(45)56(38-29-25-34(26-30-38)51(4,5)6)49-46(53)47-48(57-49)39-19-13-15-21-41(39)55(47)36-17-11-10-12-18-36/h10-32H,1-9H3. The van der Waals surface area contributed by atoms with Crippen molar-refractivity contribution in [3.63, 3.8) is 0 Å². The molecule has 0 amide bonds. The van der Waals surface area contributed by atoms with E-state index in [1.807, 2.05) is 11.3 Å². The van der Waals surface area contributed by atoms with Crippen molar-refractivity contribution in [1.29, 1.82) is 0 Å². The molecule has 0 saturated heterocycles. The summed E-state index contributed by atoms with van der Waals surface area (Å²) in [5, 5.41) is 2.59. The molecule has 6 aromatic carbocycles. The summed E-state index contributed by atoms with van der Waals surface area (Å²) in [4.78, 5) is 5.16. The summed E-state index contributed by atoms with van der Waals surface area (Å²) >= 11 is 1.95. The number of anilines is 6. The highest BCUT2D eigenvalue weighted by Crippen LogP contribution is 2.51. The molecule has 4 heterocycles. The number of thiophene rings is 1. The third-order valence-electron chi connectivity index (χ3n) is 12.3. The van der Waals surface area contributed by atoms with Gasteiger partial charge in [-0.3, -0.25) is 0 Å². The Balaban J connectivity index is 1.35. The molecule has 0 N–H and O–H groups in total. The number of benzene rings is 6. The van der Waals surface area contributed by atoms with Gasteiger partial charge in [0.05, 0.1) is 20.7 Å². The minimum Gasteiger partial charge on any atom is -0.311 e. The highest BCUT2D eigenvalue weighted by molar-refractivity contribution is 7.27. The molecule has 5 heteroatoms. The Morgan fingerprint density at radius 3 is 1.60 bits per heavy atom. The van der Waals surface area contributed by atoms with E-state index in [0.717, 1.165) is 0 Å². The maximum Gasteiger partial charge on any atom is 0.256 e. The van der Waals surface area contributed by atoms with Crippen LogP contribution < -0.4 is 26.2 Å². The lowest BCUT2D eigenvalue weighted by Gasteiger charge is -2.44. The third-order valence-corrected chi connectivity index (χ3v) is 13.5. The molecule has 57 heavy (non-hydrogen) atoms. The molecule has 0 atom stereocenters.